The van der Waals surface area contributed by atoms with Crippen molar-refractivity contribution in [2.24, 2.45) is 5.92 Å². The van der Waals surface area contributed by atoms with Crippen LogP contribution in [0.15, 0.2) is 18.2 Å². The number of hydrogen-bond acceptors (Lipinski definition) is 6. The minimum Gasteiger partial charge on any atom is -0.497 e. The van der Waals surface area contributed by atoms with Crippen LogP contribution in [0.1, 0.15) is 32.3 Å². The monoisotopic (exact) mass is 392 g/mol. The molecule has 0 radical (unpaired) electrons. The Morgan fingerprint density at radius 3 is 2.68 bits per heavy atom. The van der Waals surface area contributed by atoms with E-state index >= 15 is 0 Å². The van der Waals surface area contributed by atoms with Gasteiger partial charge in [0.2, 0.25) is 5.91 Å². The molecule has 0 N–H and O–H groups in total. The van der Waals surface area contributed by atoms with Crippen LogP contribution in [0.25, 0.3) is 0 Å². The summed E-state index contributed by atoms with van der Waals surface area (Å²) in [6.45, 7) is 5.74. The predicted molar refractivity (Wildman–Crippen MR) is 106 cm³/mol. The minimum atomic E-state index is -0.312. The van der Waals surface area contributed by atoms with Gasteiger partial charge in [-0.15, -0.1) is 0 Å². The maximum Gasteiger partial charge on any atom is 0.310 e. The smallest absolute Gasteiger partial charge is 0.310 e. The van der Waals surface area contributed by atoms with Gasteiger partial charge in [-0.1, -0.05) is 6.07 Å². The summed E-state index contributed by atoms with van der Waals surface area (Å²) in [6, 6.07) is 5.35. The van der Waals surface area contributed by atoms with Gasteiger partial charge in [-0.05, 0) is 39.8 Å². The highest BCUT2D eigenvalue weighted by atomic mass is 16.5. The molecule has 1 amide bonds. The molecule has 1 heterocycles. The third-order valence-electron chi connectivity index (χ3n) is 5.29. The molecule has 7 nitrogen and oxygen atoms in total. The van der Waals surface area contributed by atoms with E-state index in [9.17, 15) is 9.59 Å². The Bertz CT molecular complexity index is 679. The third-order valence-corrected chi connectivity index (χ3v) is 5.29. The number of nitrogens with zero attached hydrogens (tertiary/aromatic N) is 2. The second kappa shape index (κ2) is 10.3. The fourth-order valence-electron chi connectivity index (χ4n) is 3.47. The van der Waals surface area contributed by atoms with Gasteiger partial charge >= 0.3 is 5.97 Å². The molecular formula is C21H32N2O5. The lowest BCUT2D eigenvalue weighted by atomic mass is 9.97. The van der Waals surface area contributed by atoms with Crippen LogP contribution in [0, 0.1) is 5.92 Å². The van der Waals surface area contributed by atoms with E-state index in [-0.39, 0.29) is 23.8 Å². The number of piperidine rings is 1. The van der Waals surface area contributed by atoms with E-state index in [1.54, 1.807) is 26.0 Å². The Morgan fingerprint density at radius 2 is 2.04 bits per heavy atom. The summed E-state index contributed by atoms with van der Waals surface area (Å²) in [6.07, 6.45) is 1.59. The molecular weight excluding hydrogens is 360 g/mol. The lowest BCUT2D eigenvalue weighted by Crippen LogP contribution is -2.50. The topological polar surface area (TPSA) is 68.3 Å². The molecule has 2 atom stereocenters. The number of esters is 1. The third kappa shape index (κ3) is 5.38. The Balaban J connectivity index is 2.01. The van der Waals surface area contributed by atoms with E-state index in [0.717, 1.165) is 29.9 Å². The minimum absolute atomic E-state index is 0.0315. The van der Waals surface area contributed by atoms with E-state index in [1.165, 1.54) is 0 Å². The number of likely N-dealkylation sites (tertiary alicyclic amines) is 1. The van der Waals surface area contributed by atoms with Gasteiger partial charge in [0.15, 0.2) is 0 Å². The number of rotatable bonds is 8. The summed E-state index contributed by atoms with van der Waals surface area (Å²) in [7, 11) is 5.15. The molecule has 0 aromatic heterocycles. The molecule has 0 bridgehead atoms. The van der Waals surface area contributed by atoms with Gasteiger partial charge in [-0.2, -0.15) is 0 Å². The SMILES string of the molecule is CCOC(=O)C1CCCN(C(=O)C(C)N(C)Cc2ccc(OC)cc2OC)C1. The number of likely N-dealkylation sites (N-methyl/N-ethyl adjacent to an activating group) is 1. The van der Waals surface area contributed by atoms with Crippen molar-refractivity contribution in [1.82, 2.24) is 9.80 Å². The number of benzene rings is 1. The molecule has 1 aliphatic heterocycles. The molecule has 0 saturated carbocycles. The van der Waals surface area contributed by atoms with Crippen molar-refractivity contribution < 1.29 is 23.8 Å². The van der Waals surface area contributed by atoms with Crippen LogP contribution < -0.4 is 9.47 Å². The summed E-state index contributed by atoms with van der Waals surface area (Å²) < 4.78 is 15.8. The average molecular weight is 392 g/mol. The predicted octanol–water partition coefficient (Wildman–Crippen LogP) is 2.33. The number of methoxy groups -OCH3 is 2. The Kier molecular flexibility index (Phi) is 8.11. The summed E-state index contributed by atoms with van der Waals surface area (Å²) in [5.74, 6) is 1.06. The maximum atomic E-state index is 13.0. The highest BCUT2D eigenvalue weighted by Gasteiger charge is 2.32. The molecule has 0 aliphatic carbocycles. The Labute approximate surface area is 167 Å². The first-order valence-electron chi connectivity index (χ1n) is 9.77. The van der Waals surface area contributed by atoms with Gasteiger partial charge in [-0.25, -0.2) is 0 Å². The van der Waals surface area contributed by atoms with Gasteiger partial charge in [0.05, 0.1) is 32.8 Å². The molecule has 1 aliphatic rings. The zero-order chi connectivity index (χ0) is 20.7. The first kappa shape index (κ1) is 22.0. The normalized spacial score (nSPS) is 17.9. The first-order valence-corrected chi connectivity index (χ1v) is 9.77. The fraction of sp³-hybridized carbons (Fsp3) is 0.619. The standard InChI is InChI=1S/C21H32N2O5/c1-6-28-21(25)17-8-7-11-23(14-17)20(24)15(2)22(3)13-16-9-10-18(26-4)12-19(16)27-5/h9-10,12,15,17H,6-8,11,13-14H2,1-5H3. The van der Waals surface area contributed by atoms with Crippen molar-refractivity contribution in [1.29, 1.82) is 0 Å². The number of amides is 1. The fourth-order valence-corrected chi connectivity index (χ4v) is 3.47. The van der Waals surface area contributed by atoms with Crippen LogP contribution in [-0.2, 0) is 20.9 Å². The van der Waals surface area contributed by atoms with E-state index in [1.807, 2.05) is 37.1 Å². The molecule has 0 spiro atoms. The van der Waals surface area contributed by atoms with Crippen molar-refractivity contribution in [2.75, 3.05) is 41.0 Å². The zero-order valence-electron chi connectivity index (χ0n) is 17.6. The van der Waals surface area contributed by atoms with Gasteiger partial charge in [0.25, 0.3) is 0 Å². The molecule has 2 rings (SSSR count). The summed E-state index contributed by atoms with van der Waals surface area (Å²) in [5, 5.41) is 0. The summed E-state index contributed by atoms with van der Waals surface area (Å²) in [4.78, 5) is 28.8. The molecule has 7 heteroatoms. The lowest BCUT2D eigenvalue weighted by Gasteiger charge is -2.35. The quantitative estimate of drug-likeness (QED) is 0.633. The number of carbonyl (C=O) groups excluding carboxylic acids is 2. The highest BCUT2D eigenvalue weighted by molar-refractivity contribution is 5.82. The van der Waals surface area contributed by atoms with Crippen molar-refractivity contribution in [3.63, 3.8) is 0 Å². The van der Waals surface area contributed by atoms with Crippen molar-refractivity contribution in [3.05, 3.63) is 23.8 Å². The van der Waals surface area contributed by atoms with Crippen LogP contribution >= 0.6 is 0 Å². The van der Waals surface area contributed by atoms with Crippen LogP contribution in [0.4, 0.5) is 0 Å². The van der Waals surface area contributed by atoms with Crippen molar-refractivity contribution >= 4 is 11.9 Å². The van der Waals surface area contributed by atoms with E-state index < -0.39 is 0 Å². The van der Waals surface area contributed by atoms with E-state index in [0.29, 0.717) is 26.2 Å². The van der Waals surface area contributed by atoms with Gasteiger partial charge in [0, 0.05) is 31.3 Å². The number of carbonyl (C=O) groups is 2. The Hall–Kier alpha value is -2.28. The molecule has 1 saturated heterocycles. The average Bonchev–Trinajstić information content (AvgIpc) is 2.73. The van der Waals surface area contributed by atoms with Crippen molar-refractivity contribution in [3.8, 4) is 11.5 Å². The second-order valence-electron chi connectivity index (χ2n) is 7.14. The Morgan fingerprint density at radius 1 is 1.29 bits per heavy atom. The van der Waals surface area contributed by atoms with E-state index in [2.05, 4.69) is 0 Å². The molecule has 1 fully saturated rings. The first-order chi connectivity index (χ1) is 13.4. The second-order valence-corrected chi connectivity index (χ2v) is 7.14. The van der Waals surface area contributed by atoms with Gasteiger partial charge in [0.1, 0.15) is 11.5 Å². The molecule has 2 unspecified atom stereocenters. The van der Waals surface area contributed by atoms with Crippen LogP contribution in [0.3, 0.4) is 0 Å². The molecule has 156 valence electrons. The lowest BCUT2D eigenvalue weighted by molar-refractivity contribution is -0.152. The van der Waals surface area contributed by atoms with Crippen LogP contribution in [0.5, 0.6) is 11.5 Å². The van der Waals surface area contributed by atoms with Crippen LogP contribution in [0.2, 0.25) is 0 Å². The highest BCUT2D eigenvalue weighted by Crippen LogP contribution is 2.26. The molecule has 1 aromatic rings. The largest absolute Gasteiger partial charge is 0.497 e. The molecule has 1 aromatic carbocycles. The molecule has 28 heavy (non-hydrogen) atoms. The number of ether oxygens (including phenoxy) is 3. The maximum absolute atomic E-state index is 13.0. The van der Waals surface area contributed by atoms with Gasteiger partial charge in [-0.3, -0.25) is 14.5 Å². The van der Waals surface area contributed by atoms with Crippen molar-refractivity contribution in [2.45, 2.75) is 39.3 Å². The van der Waals surface area contributed by atoms with Crippen LogP contribution in [-0.4, -0.2) is 68.7 Å². The number of hydrogen-bond donors (Lipinski definition) is 0. The van der Waals surface area contributed by atoms with E-state index in [4.69, 9.17) is 14.2 Å². The summed E-state index contributed by atoms with van der Waals surface area (Å²) in [5.41, 5.74) is 0.980. The zero-order valence-corrected chi connectivity index (χ0v) is 17.6. The van der Waals surface area contributed by atoms with Gasteiger partial charge < -0.3 is 19.1 Å². The summed E-state index contributed by atoms with van der Waals surface area (Å²) >= 11 is 0.